The molecule has 0 unspecified atom stereocenters. The van der Waals surface area contributed by atoms with Crippen LogP contribution in [0.2, 0.25) is 0 Å². The maximum Gasteiger partial charge on any atom is 0.325 e. The van der Waals surface area contributed by atoms with E-state index in [2.05, 4.69) is 0 Å². The van der Waals surface area contributed by atoms with Gasteiger partial charge in [-0.3, -0.25) is 4.79 Å². The van der Waals surface area contributed by atoms with Gasteiger partial charge in [0.15, 0.2) is 0 Å². The van der Waals surface area contributed by atoms with Crippen molar-refractivity contribution in [1.29, 1.82) is 0 Å². The van der Waals surface area contributed by atoms with Gasteiger partial charge in [0, 0.05) is 0 Å². The van der Waals surface area contributed by atoms with E-state index in [1.54, 1.807) is 0 Å². The zero-order valence-electron chi connectivity index (χ0n) is 7.74. The fourth-order valence-electron chi connectivity index (χ4n) is 1.29. The second kappa shape index (κ2) is 5.19. The Kier molecular flexibility index (Phi) is 4.18. The van der Waals surface area contributed by atoms with Crippen molar-refractivity contribution in [3.05, 3.63) is 0 Å². The molecule has 3 N–H and O–H groups in total. The molecule has 1 rings (SSSR count). The van der Waals surface area contributed by atoms with Gasteiger partial charge in [0.25, 0.3) is 0 Å². The average molecular weight is 187 g/mol. The quantitative estimate of drug-likeness (QED) is 0.596. The summed E-state index contributed by atoms with van der Waals surface area (Å²) in [4.78, 5) is 11.0. The SMILES string of the molecule is N[C@@H](CO)C(=O)OCCC1CCC1. The fourth-order valence-corrected chi connectivity index (χ4v) is 1.29. The lowest BCUT2D eigenvalue weighted by molar-refractivity contribution is -0.146. The Morgan fingerprint density at radius 1 is 1.62 bits per heavy atom. The lowest BCUT2D eigenvalue weighted by atomic mass is 9.83. The summed E-state index contributed by atoms with van der Waals surface area (Å²) in [6, 6.07) is -0.874. The van der Waals surface area contributed by atoms with E-state index in [0.29, 0.717) is 6.61 Å². The van der Waals surface area contributed by atoms with Crippen molar-refractivity contribution in [3.8, 4) is 0 Å². The highest BCUT2D eigenvalue weighted by Gasteiger charge is 2.18. The highest BCUT2D eigenvalue weighted by Crippen LogP contribution is 2.29. The molecule has 0 radical (unpaired) electrons. The number of hydrogen-bond acceptors (Lipinski definition) is 4. The summed E-state index contributed by atoms with van der Waals surface area (Å²) in [7, 11) is 0. The Morgan fingerprint density at radius 2 is 2.31 bits per heavy atom. The molecular weight excluding hydrogens is 170 g/mol. The van der Waals surface area contributed by atoms with Crippen LogP contribution in [-0.2, 0) is 9.53 Å². The lowest BCUT2D eigenvalue weighted by Crippen LogP contribution is -2.36. The molecule has 1 aliphatic rings. The van der Waals surface area contributed by atoms with Gasteiger partial charge < -0.3 is 15.6 Å². The van der Waals surface area contributed by atoms with E-state index in [1.165, 1.54) is 19.3 Å². The van der Waals surface area contributed by atoms with Crippen molar-refractivity contribution in [2.24, 2.45) is 11.7 Å². The molecule has 0 amide bonds. The van der Waals surface area contributed by atoms with Crippen LogP contribution in [0.4, 0.5) is 0 Å². The average Bonchev–Trinajstić information content (AvgIpc) is 2.07. The van der Waals surface area contributed by atoms with Crippen molar-refractivity contribution < 1.29 is 14.6 Å². The fraction of sp³-hybridized carbons (Fsp3) is 0.889. The van der Waals surface area contributed by atoms with Gasteiger partial charge in [0.2, 0.25) is 0 Å². The minimum Gasteiger partial charge on any atom is -0.464 e. The van der Waals surface area contributed by atoms with Crippen LogP contribution in [0.15, 0.2) is 0 Å². The largest absolute Gasteiger partial charge is 0.464 e. The van der Waals surface area contributed by atoms with E-state index in [9.17, 15) is 4.79 Å². The molecular formula is C9H17NO3. The third kappa shape index (κ3) is 3.32. The van der Waals surface area contributed by atoms with Gasteiger partial charge in [-0.25, -0.2) is 0 Å². The van der Waals surface area contributed by atoms with Crippen molar-refractivity contribution in [1.82, 2.24) is 0 Å². The number of hydrogen-bond donors (Lipinski definition) is 2. The third-order valence-corrected chi connectivity index (χ3v) is 2.49. The van der Waals surface area contributed by atoms with Gasteiger partial charge in [-0.1, -0.05) is 19.3 Å². The first-order chi connectivity index (χ1) is 6.24. The van der Waals surface area contributed by atoms with Crippen LogP contribution in [0, 0.1) is 5.92 Å². The number of aliphatic hydroxyl groups is 1. The first-order valence-electron chi connectivity index (χ1n) is 4.77. The lowest BCUT2D eigenvalue weighted by Gasteiger charge is -2.24. The Morgan fingerprint density at radius 3 is 2.77 bits per heavy atom. The summed E-state index contributed by atoms with van der Waals surface area (Å²) < 4.78 is 4.88. The maximum absolute atomic E-state index is 11.0. The molecule has 0 bridgehead atoms. The van der Waals surface area contributed by atoms with E-state index in [1.807, 2.05) is 0 Å². The number of aliphatic hydroxyl groups excluding tert-OH is 1. The van der Waals surface area contributed by atoms with Gasteiger partial charge in [-0.15, -0.1) is 0 Å². The standard InChI is InChI=1S/C9H17NO3/c10-8(6-11)9(12)13-5-4-7-2-1-3-7/h7-8,11H,1-6,10H2/t8-/m0/s1. The van der Waals surface area contributed by atoms with Crippen molar-refractivity contribution in [3.63, 3.8) is 0 Å². The summed E-state index contributed by atoms with van der Waals surface area (Å²) in [5.74, 6) is 0.236. The zero-order valence-corrected chi connectivity index (χ0v) is 7.74. The van der Waals surface area contributed by atoms with Gasteiger partial charge in [0.1, 0.15) is 6.04 Å². The molecule has 0 heterocycles. The predicted molar refractivity (Wildman–Crippen MR) is 48.0 cm³/mol. The number of esters is 1. The summed E-state index contributed by atoms with van der Waals surface area (Å²) in [6.45, 7) is 0.0967. The van der Waals surface area contributed by atoms with Crippen LogP contribution in [0.25, 0.3) is 0 Å². The number of carbonyl (C=O) groups excluding carboxylic acids is 1. The molecule has 4 heteroatoms. The van der Waals surface area contributed by atoms with Crippen LogP contribution in [0.3, 0.4) is 0 Å². The number of ether oxygens (including phenoxy) is 1. The molecule has 1 fully saturated rings. The predicted octanol–water partition coefficient (Wildman–Crippen LogP) is 0.0394. The zero-order chi connectivity index (χ0) is 9.68. The molecule has 13 heavy (non-hydrogen) atoms. The van der Waals surface area contributed by atoms with Crippen molar-refractivity contribution in [2.75, 3.05) is 13.2 Å². The van der Waals surface area contributed by atoms with Crippen LogP contribution < -0.4 is 5.73 Å². The van der Waals surface area contributed by atoms with Crippen molar-refractivity contribution in [2.45, 2.75) is 31.7 Å². The minimum atomic E-state index is -0.874. The van der Waals surface area contributed by atoms with Gasteiger partial charge in [0.05, 0.1) is 13.2 Å². The smallest absolute Gasteiger partial charge is 0.325 e. The monoisotopic (exact) mass is 187 g/mol. The minimum absolute atomic E-state index is 0.345. The summed E-state index contributed by atoms with van der Waals surface area (Å²) >= 11 is 0. The Balaban J connectivity index is 2.00. The Bertz CT molecular complexity index is 168. The molecule has 4 nitrogen and oxygen atoms in total. The van der Waals surface area contributed by atoms with E-state index >= 15 is 0 Å². The van der Waals surface area contributed by atoms with E-state index in [4.69, 9.17) is 15.6 Å². The molecule has 1 saturated carbocycles. The van der Waals surface area contributed by atoms with Gasteiger partial charge >= 0.3 is 5.97 Å². The summed E-state index contributed by atoms with van der Waals surface area (Å²) in [5, 5.41) is 8.55. The van der Waals surface area contributed by atoms with Crippen LogP contribution in [-0.4, -0.2) is 30.3 Å². The van der Waals surface area contributed by atoms with E-state index in [0.717, 1.165) is 12.3 Å². The number of nitrogens with two attached hydrogens (primary N) is 1. The van der Waals surface area contributed by atoms with Crippen LogP contribution >= 0.6 is 0 Å². The molecule has 0 aromatic heterocycles. The Hall–Kier alpha value is -0.610. The van der Waals surface area contributed by atoms with E-state index in [-0.39, 0.29) is 6.61 Å². The topological polar surface area (TPSA) is 72.5 Å². The molecule has 0 saturated heterocycles. The number of rotatable bonds is 5. The first kappa shape index (κ1) is 10.5. The molecule has 0 aromatic carbocycles. The summed E-state index contributed by atoms with van der Waals surface area (Å²) in [5.41, 5.74) is 5.26. The molecule has 76 valence electrons. The van der Waals surface area contributed by atoms with Crippen LogP contribution in [0.5, 0.6) is 0 Å². The van der Waals surface area contributed by atoms with Gasteiger partial charge in [-0.2, -0.15) is 0 Å². The second-order valence-corrected chi connectivity index (χ2v) is 3.54. The first-order valence-corrected chi connectivity index (χ1v) is 4.77. The molecule has 0 aliphatic heterocycles. The van der Waals surface area contributed by atoms with Crippen molar-refractivity contribution >= 4 is 5.97 Å². The molecule has 1 aliphatic carbocycles. The van der Waals surface area contributed by atoms with Crippen LogP contribution in [0.1, 0.15) is 25.7 Å². The third-order valence-electron chi connectivity index (χ3n) is 2.49. The highest BCUT2D eigenvalue weighted by atomic mass is 16.5. The van der Waals surface area contributed by atoms with Gasteiger partial charge in [-0.05, 0) is 12.3 Å². The Labute approximate surface area is 78.1 Å². The maximum atomic E-state index is 11.0. The molecule has 0 aromatic rings. The molecule has 1 atom stereocenters. The second-order valence-electron chi connectivity index (χ2n) is 3.54. The van der Waals surface area contributed by atoms with E-state index < -0.39 is 12.0 Å². The number of carbonyl (C=O) groups is 1. The summed E-state index contributed by atoms with van der Waals surface area (Å²) in [6.07, 6.45) is 4.74. The molecule has 0 spiro atoms. The normalized spacial score (nSPS) is 19.2. The highest BCUT2D eigenvalue weighted by molar-refractivity contribution is 5.75.